The molecule has 0 aromatic rings. The van der Waals surface area contributed by atoms with Crippen LogP contribution in [0.5, 0.6) is 0 Å². The molecule has 1 rings (SSSR count). The van der Waals surface area contributed by atoms with Gasteiger partial charge in [0, 0.05) is 0 Å². The average molecular weight is 472 g/mol. The summed E-state index contributed by atoms with van der Waals surface area (Å²) in [6, 6.07) is 0. The van der Waals surface area contributed by atoms with Crippen LogP contribution in [0.1, 0.15) is 34.6 Å². The zero-order valence-electron chi connectivity index (χ0n) is 8.79. The van der Waals surface area contributed by atoms with Gasteiger partial charge in [-0.15, -0.1) is 0 Å². The molecule has 0 saturated heterocycles. The molecule has 0 amide bonds. The van der Waals surface area contributed by atoms with Crippen molar-refractivity contribution in [3.8, 4) is 0 Å². The monoisotopic (exact) mass is 472 g/mol. The molecule has 0 aromatic carbocycles. The summed E-state index contributed by atoms with van der Waals surface area (Å²) in [5.41, 5.74) is 6.43. The molecule has 0 aliphatic heterocycles. The standard InChI is InChI=1S/C10H15Ge.BrH.W/c1-6-7(2)9(4)10(5,11)8(6)3;;/h1-5H3;1H;/q;;+1/p-1. The SMILES string of the molecule is CC1=C(C)[C](C)([Ge]#[W][Br])C(C)=C1C. The van der Waals surface area contributed by atoms with Crippen molar-refractivity contribution in [1.82, 2.24) is 0 Å². The molecule has 72 valence electrons. The predicted molar refractivity (Wildman–Crippen MR) is 59.8 cm³/mol. The van der Waals surface area contributed by atoms with Crippen molar-refractivity contribution in [2.24, 2.45) is 0 Å². The number of allylic oxidation sites excluding steroid dienone is 4. The Kier molecular flexibility index (Phi) is 4.12. The zero-order valence-corrected chi connectivity index (χ0v) is 15.4. The number of halogens is 1. The van der Waals surface area contributed by atoms with E-state index in [9.17, 15) is 0 Å². The summed E-state index contributed by atoms with van der Waals surface area (Å²) < 4.78 is 0.516. The van der Waals surface area contributed by atoms with Crippen LogP contribution >= 0.6 is 13.3 Å². The molecule has 0 saturated carbocycles. The van der Waals surface area contributed by atoms with Crippen molar-refractivity contribution < 1.29 is 13.5 Å². The summed E-state index contributed by atoms with van der Waals surface area (Å²) in [4.78, 5) is 0. The van der Waals surface area contributed by atoms with Crippen LogP contribution in [0.2, 0.25) is 4.25 Å². The molecule has 1 aliphatic carbocycles. The molecular weight excluding hydrogens is 456 g/mol. The Morgan fingerprint density at radius 1 is 1.08 bits per heavy atom. The van der Waals surface area contributed by atoms with Gasteiger partial charge in [0.05, 0.1) is 0 Å². The van der Waals surface area contributed by atoms with Crippen molar-refractivity contribution in [3.05, 3.63) is 22.3 Å². The number of hydrogen-bond acceptors (Lipinski definition) is 0. The quantitative estimate of drug-likeness (QED) is 0.471. The van der Waals surface area contributed by atoms with Gasteiger partial charge < -0.3 is 0 Å². The molecule has 0 unspecified atom stereocenters. The van der Waals surface area contributed by atoms with Crippen LogP contribution < -0.4 is 0 Å². The number of hydrogen-bond donors (Lipinski definition) is 0. The molecule has 0 atom stereocenters. The van der Waals surface area contributed by atoms with Crippen molar-refractivity contribution >= 4 is 25.2 Å². The second-order valence-electron chi connectivity index (χ2n) is 3.80. The fourth-order valence-electron chi connectivity index (χ4n) is 1.82. The van der Waals surface area contributed by atoms with Gasteiger partial charge in [0.1, 0.15) is 0 Å². The maximum absolute atomic E-state index is 3.77. The van der Waals surface area contributed by atoms with Gasteiger partial charge in [-0.3, -0.25) is 0 Å². The van der Waals surface area contributed by atoms with Crippen molar-refractivity contribution in [2.45, 2.75) is 38.9 Å². The summed E-state index contributed by atoms with van der Waals surface area (Å²) in [7, 11) is 0. The van der Waals surface area contributed by atoms with Crippen LogP contribution in [-0.2, 0) is 13.5 Å². The van der Waals surface area contributed by atoms with Gasteiger partial charge in [0.15, 0.2) is 0 Å². The molecule has 0 N–H and O–H groups in total. The minimum atomic E-state index is -0.136. The molecular formula is C10H15BrGeW. The zero-order chi connectivity index (χ0) is 10.2. The Hall–Kier alpha value is 1.19. The third kappa shape index (κ3) is 1.94. The minimum absolute atomic E-state index is 0.136. The van der Waals surface area contributed by atoms with Gasteiger partial charge in [-0.25, -0.2) is 0 Å². The van der Waals surface area contributed by atoms with Gasteiger partial charge in [0.25, 0.3) is 0 Å². The molecule has 3 heteroatoms. The van der Waals surface area contributed by atoms with Gasteiger partial charge in [0.2, 0.25) is 0 Å². The summed E-state index contributed by atoms with van der Waals surface area (Å²) in [5, 5.41) is 0. The first-order valence-corrected chi connectivity index (χ1v) is 20.3. The van der Waals surface area contributed by atoms with E-state index in [0.717, 1.165) is 0 Å². The maximum atomic E-state index is 3.77. The second-order valence-corrected chi connectivity index (χ2v) is 27.1. The van der Waals surface area contributed by atoms with E-state index in [1.54, 1.807) is 22.3 Å². The van der Waals surface area contributed by atoms with Crippen LogP contribution in [0.15, 0.2) is 22.3 Å². The summed E-state index contributed by atoms with van der Waals surface area (Å²) in [6.45, 7) is 11.7. The first kappa shape index (κ1) is 12.3. The topological polar surface area (TPSA) is 0 Å². The fourth-order valence-corrected chi connectivity index (χ4v) is 25.9. The van der Waals surface area contributed by atoms with E-state index in [4.69, 9.17) is 0 Å². The van der Waals surface area contributed by atoms with Gasteiger partial charge in [-0.05, 0) is 0 Å². The van der Waals surface area contributed by atoms with E-state index in [1.165, 1.54) is 0 Å². The fraction of sp³-hybridized carbons (Fsp3) is 0.600. The normalized spacial score (nSPS) is 20.8. The molecule has 0 bridgehead atoms. The first-order valence-electron chi connectivity index (χ1n) is 4.36. The van der Waals surface area contributed by atoms with E-state index in [0.29, 0.717) is 4.25 Å². The summed E-state index contributed by atoms with van der Waals surface area (Å²) >= 11 is 3.87. The van der Waals surface area contributed by atoms with Crippen molar-refractivity contribution in [1.29, 1.82) is 0 Å². The van der Waals surface area contributed by atoms with Gasteiger partial charge >= 0.3 is 99.8 Å². The molecule has 1 aliphatic rings. The Bertz CT molecular complexity index is 344. The molecule has 0 aromatic heterocycles. The van der Waals surface area contributed by atoms with E-state index >= 15 is 0 Å². The molecule has 0 fully saturated rings. The summed E-state index contributed by atoms with van der Waals surface area (Å²) in [5.74, 6) is 0. The van der Waals surface area contributed by atoms with Crippen LogP contribution in [0.25, 0.3) is 0 Å². The molecule has 0 nitrogen and oxygen atoms in total. The van der Waals surface area contributed by atoms with Crippen LogP contribution in [0, 0.1) is 0 Å². The molecule has 13 heavy (non-hydrogen) atoms. The number of rotatable bonds is 0. The van der Waals surface area contributed by atoms with Gasteiger partial charge in [-0.1, -0.05) is 0 Å². The third-order valence-electron chi connectivity index (χ3n) is 3.43. The average Bonchev–Trinajstić information content (AvgIpc) is 2.23. The van der Waals surface area contributed by atoms with Crippen LogP contribution in [-0.4, -0.2) is 11.9 Å². The third-order valence-corrected chi connectivity index (χ3v) is 22.0. The Morgan fingerprint density at radius 2 is 1.46 bits per heavy atom. The first-order chi connectivity index (χ1) is 5.95. The van der Waals surface area contributed by atoms with E-state index in [1.807, 2.05) is 0 Å². The summed E-state index contributed by atoms with van der Waals surface area (Å²) in [6.07, 6.45) is 0. The molecule has 0 spiro atoms. The Labute approximate surface area is 99.0 Å². The van der Waals surface area contributed by atoms with E-state index < -0.39 is 0 Å². The Morgan fingerprint density at radius 3 is 1.77 bits per heavy atom. The van der Waals surface area contributed by atoms with E-state index in [-0.39, 0.29) is 25.4 Å². The van der Waals surface area contributed by atoms with Crippen LogP contribution in [0.3, 0.4) is 0 Å². The second kappa shape index (κ2) is 4.37. The van der Waals surface area contributed by atoms with Crippen molar-refractivity contribution in [3.63, 3.8) is 0 Å². The Balaban J connectivity index is 3.36. The van der Waals surface area contributed by atoms with E-state index in [2.05, 4.69) is 47.9 Å². The van der Waals surface area contributed by atoms with Gasteiger partial charge in [-0.2, -0.15) is 0 Å². The predicted octanol–water partition coefficient (Wildman–Crippen LogP) is 3.86. The van der Waals surface area contributed by atoms with Crippen molar-refractivity contribution in [2.75, 3.05) is 0 Å². The van der Waals surface area contributed by atoms with Crippen LogP contribution in [0.4, 0.5) is 0 Å². The molecule has 0 heterocycles. The molecule has 0 radical (unpaired) electrons.